The number of halogens is 2. The SMILES string of the molecule is CN=C(NCc1cc2ccccc2o1)NCc1cc(OC)ccc1OC(F)F. The van der Waals surface area contributed by atoms with Gasteiger partial charge in [0.1, 0.15) is 22.8 Å². The summed E-state index contributed by atoms with van der Waals surface area (Å²) in [7, 11) is 3.13. The maximum Gasteiger partial charge on any atom is 0.387 e. The molecule has 0 aliphatic heterocycles. The molecule has 0 amide bonds. The first kappa shape index (κ1) is 19.5. The van der Waals surface area contributed by atoms with E-state index in [2.05, 4.69) is 20.4 Å². The Kier molecular flexibility index (Phi) is 6.31. The second-order valence-corrected chi connectivity index (χ2v) is 5.88. The first-order chi connectivity index (χ1) is 13.6. The molecule has 0 aliphatic carbocycles. The lowest BCUT2D eigenvalue weighted by Gasteiger charge is -2.15. The number of hydrogen-bond acceptors (Lipinski definition) is 4. The molecule has 3 aromatic rings. The van der Waals surface area contributed by atoms with Crippen LogP contribution in [0.5, 0.6) is 11.5 Å². The van der Waals surface area contributed by atoms with E-state index in [1.165, 1.54) is 13.2 Å². The fourth-order valence-corrected chi connectivity index (χ4v) is 2.73. The average Bonchev–Trinajstić information content (AvgIpc) is 3.11. The van der Waals surface area contributed by atoms with Crippen molar-refractivity contribution in [3.63, 3.8) is 0 Å². The van der Waals surface area contributed by atoms with E-state index in [1.807, 2.05) is 30.3 Å². The molecule has 6 nitrogen and oxygen atoms in total. The third-order valence-electron chi connectivity index (χ3n) is 4.06. The highest BCUT2D eigenvalue weighted by molar-refractivity contribution is 5.80. The van der Waals surface area contributed by atoms with Crippen molar-refractivity contribution in [1.29, 1.82) is 0 Å². The van der Waals surface area contributed by atoms with Crippen LogP contribution in [0.4, 0.5) is 8.78 Å². The topological polar surface area (TPSA) is 68.0 Å². The van der Waals surface area contributed by atoms with Crippen LogP contribution >= 0.6 is 0 Å². The lowest BCUT2D eigenvalue weighted by Crippen LogP contribution is -2.36. The van der Waals surface area contributed by atoms with Gasteiger partial charge in [-0.3, -0.25) is 4.99 Å². The number of nitrogens with zero attached hydrogens (tertiary/aromatic N) is 1. The van der Waals surface area contributed by atoms with Crippen LogP contribution in [0.15, 0.2) is 57.9 Å². The van der Waals surface area contributed by atoms with Gasteiger partial charge in [0.15, 0.2) is 5.96 Å². The number of alkyl halides is 2. The molecule has 0 unspecified atom stereocenters. The lowest BCUT2D eigenvalue weighted by atomic mass is 10.2. The molecule has 1 aromatic heterocycles. The molecule has 0 atom stereocenters. The van der Waals surface area contributed by atoms with Crippen molar-refractivity contribution in [2.45, 2.75) is 19.7 Å². The van der Waals surface area contributed by atoms with Gasteiger partial charge in [-0.2, -0.15) is 8.78 Å². The number of ether oxygens (including phenoxy) is 2. The molecule has 2 N–H and O–H groups in total. The van der Waals surface area contributed by atoms with Crippen molar-refractivity contribution in [3.05, 3.63) is 59.9 Å². The van der Waals surface area contributed by atoms with Crippen molar-refractivity contribution < 1.29 is 22.7 Å². The van der Waals surface area contributed by atoms with Crippen molar-refractivity contribution in [1.82, 2.24) is 10.6 Å². The molecule has 0 bridgehead atoms. The first-order valence-electron chi connectivity index (χ1n) is 8.62. The van der Waals surface area contributed by atoms with E-state index in [9.17, 15) is 8.78 Å². The van der Waals surface area contributed by atoms with Gasteiger partial charge in [-0.15, -0.1) is 0 Å². The van der Waals surface area contributed by atoms with Crippen LogP contribution in [0.3, 0.4) is 0 Å². The summed E-state index contributed by atoms with van der Waals surface area (Å²) in [5.74, 6) is 1.87. The predicted molar refractivity (Wildman–Crippen MR) is 103 cm³/mol. The summed E-state index contributed by atoms with van der Waals surface area (Å²) in [5, 5.41) is 7.22. The van der Waals surface area contributed by atoms with E-state index in [0.29, 0.717) is 23.8 Å². The molecule has 0 spiro atoms. The maximum atomic E-state index is 12.6. The molecule has 148 valence electrons. The zero-order valence-electron chi connectivity index (χ0n) is 15.5. The summed E-state index contributed by atoms with van der Waals surface area (Å²) < 4.78 is 40.7. The number of hydrogen-bond donors (Lipinski definition) is 2. The van der Waals surface area contributed by atoms with Gasteiger partial charge in [0.2, 0.25) is 0 Å². The zero-order chi connectivity index (χ0) is 19.9. The molecule has 2 aromatic carbocycles. The molecule has 8 heteroatoms. The van der Waals surface area contributed by atoms with Crippen LogP contribution in [-0.4, -0.2) is 26.7 Å². The number of fused-ring (bicyclic) bond motifs is 1. The molecular weight excluding hydrogens is 368 g/mol. The molecule has 1 heterocycles. The number of methoxy groups -OCH3 is 1. The Balaban J connectivity index is 1.63. The van der Waals surface area contributed by atoms with E-state index in [-0.39, 0.29) is 12.3 Å². The number of nitrogens with one attached hydrogen (secondary N) is 2. The number of guanidine groups is 1. The average molecular weight is 389 g/mol. The Bertz CT molecular complexity index is 924. The smallest absolute Gasteiger partial charge is 0.387 e. The summed E-state index contributed by atoms with van der Waals surface area (Å²) in [4.78, 5) is 4.14. The molecule has 0 radical (unpaired) electrons. The Labute approximate surface area is 161 Å². The fraction of sp³-hybridized carbons (Fsp3) is 0.250. The van der Waals surface area contributed by atoms with Crippen molar-refractivity contribution >= 4 is 16.9 Å². The van der Waals surface area contributed by atoms with Crippen LogP contribution in [-0.2, 0) is 13.1 Å². The molecular formula is C20H21F2N3O3. The number of benzene rings is 2. The van der Waals surface area contributed by atoms with E-state index >= 15 is 0 Å². The van der Waals surface area contributed by atoms with E-state index < -0.39 is 6.61 Å². The van der Waals surface area contributed by atoms with Crippen LogP contribution in [0.25, 0.3) is 11.0 Å². The van der Waals surface area contributed by atoms with E-state index in [0.717, 1.165) is 16.7 Å². The number of rotatable bonds is 7. The Morgan fingerprint density at radius 3 is 2.61 bits per heavy atom. The Morgan fingerprint density at radius 2 is 1.89 bits per heavy atom. The normalized spacial score (nSPS) is 11.7. The minimum absolute atomic E-state index is 0.0797. The van der Waals surface area contributed by atoms with Crippen LogP contribution in [0.1, 0.15) is 11.3 Å². The second kappa shape index (κ2) is 9.07. The zero-order valence-corrected chi connectivity index (χ0v) is 15.5. The van der Waals surface area contributed by atoms with Crippen LogP contribution < -0.4 is 20.1 Å². The second-order valence-electron chi connectivity index (χ2n) is 5.88. The number of furan rings is 1. The third kappa shape index (κ3) is 4.91. The molecule has 28 heavy (non-hydrogen) atoms. The highest BCUT2D eigenvalue weighted by Gasteiger charge is 2.12. The Morgan fingerprint density at radius 1 is 1.11 bits per heavy atom. The molecule has 3 rings (SSSR count). The quantitative estimate of drug-likeness (QED) is 0.474. The van der Waals surface area contributed by atoms with Crippen molar-refractivity contribution in [2.75, 3.05) is 14.2 Å². The van der Waals surface area contributed by atoms with Gasteiger partial charge < -0.3 is 24.5 Å². The third-order valence-corrected chi connectivity index (χ3v) is 4.06. The van der Waals surface area contributed by atoms with Gasteiger partial charge in [0.05, 0.1) is 13.7 Å². The summed E-state index contributed by atoms with van der Waals surface area (Å²) in [6, 6.07) is 14.3. The molecule has 0 fully saturated rings. The number of para-hydroxylation sites is 1. The van der Waals surface area contributed by atoms with Crippen LogP contribution in [0.2, 0.25) is 0 Å². The van der Waals surface area contributed by atoms with Gasteiger partial charge in [0, 0.05) is 24.5 Å². The standard InChI is InChI=1S/C20H21F2N3O3/c1-23-20(25-12-16-9-13-5-3-4-6-17(13)27-16)24-11-14-10-15(26-2)7-8-18(14)28-19(21)22/h3-10,19H,11-12H2,1-2H3,(H2,23,24,25). The summed E-state index contributed by atoms with van der Waals surface area (Å²) in [6.45, 7) is -2.26. The summed E-state index contributed by atoms with van der Waals surface area (Å²) in [6.07, 6.45) is 0. The molecule has 0 aliphatic rings. The highest BCUT2D eigenvalue weighted by Crippen LogP contribution is 2.25. The highest BCUT2D eigenvalue weighted by atomic mass is 19.3. The van der Waals surface area contributed by atoms with E-state index in [4.69, 9.17) is 9.15 Å². The van der Waals surface area contributed by atoms with Crippen molar-refractivity contribution in [2.24, 2.45) is 4.99 Å². The van der Waals surface area contributed by atoms with Crippen molar-refractivity contribution in [3.8, 4) is 11.5 Å². The van der Waals surface area contributed by atoms with Gasteiger partial charge >= 0.3 is 6.61 Å². The molecule has 0 saturated carbocycles. The van der Waals surface area contributed by atoms with Crippen LogP contribution in [0, 0.1) is 0 Å². The number of aliphatic imine (C=N–C) groups is 1. The first-order valence-corrected chi connectivity index (χ1v) is 8.62. The van der Waals surface area contributed by atoms with Gasteiger partial charge in [-0.05, 0) is 30.3 Å². The maximum absolute atomic E-state index is 12.6. The van der Waals surface area contributed by atoms with E-state index in [1.54, 1.807) is 19.2 Å². The minimum atomic E-state index is -2.90. The lowest BCUT2D eigenvalue weighted by molar-refractivity contribution is -0.0505. The van der Waals surface area contributed by atoms with Gasteiger partial charge in [0.25, 0.3) is 0 Å². The summed E-state index contributed by atoms with van der Waals surface area (Å²) in [5.41, 5.74) is 1.33. The monoisotopic (exact) mass is 389 g/mol. The Hall–Kier alpha value is -3.29. The fourth-order valence-electron chi connectivity index (χ4n) is 2.73. The van der Waals surface area contributed by atoms with Gasteiger partial charge in [-0.25, -0.2) is 0 Å². The largest absolute Gasteiger partial charge is 0.497 e. The molecule has 0 saturated heterocycles. The summed E-state index contributed by atoms with van der Waals surface area (Å²) >= 11 is 0. The van der Waals surface area contributed by atoms with Gasteiger partial charge in [-0.1, -0.05) is 18.2 Å². The predicted octanol–water partition coefficient (Wildman–Crippen LogP) is 3.91. The minimum Gasteiger partial charge on any atom is -0.497 e.